The van der Waals surface area contributed by atoms with Crippen LogP contribution in [0.2, 0.25) is 0 Å². The fraction of sp³-hybridized carbons (Fsp3) is 0.300. The third-order valence-corrected chi connectivity index (χ3v) is 4.55. The second-order valence-corrected chi connectivity index (χ2v) is 6.15. The summed E-state index contributed by atoms with van der Waals surface area (Å²) >= 11 is 0. The Morgan fingerprint density at radius 3 is 2.38 bits per heavy atom. The molecular formula is C20H22N2O4. The number of aryl methyl sites for hydroxylation is 1. The van der Waals surface area contributed by atoms with Gasteiger partial charge < -0.3 is 19.7 Å². The normalized spacial score (nSPS) is 16.8. The highest BCUT2D eigenvalue weighted by Gasteiger charge is 2.35. The smallest absolute Gasteiger partial charge is 0.255 e. The predicted octanol–water partition coefficient (Wildman–Crippen LogP) is 2.33. The standard InChI is InChI=1S/C20H22N2O4/c1-13-6-4-5-7-17(13)18-19(23)21-8-9-22(18)20(24)14-10-15(25-2)12-16(11-14)26-3/h4-7,10-12,18H,8-9H2,1-3H3,(H,21,23). The van der Waals surface area contributed by atoms with Crippen molar-refractivity contribution in [3.8, 4) is 11.5 Å². The number of benzene rings is 2. The fourth-order valence-electron chi connectivity index (χ4n) is 3.19. The van der Waals surface area contributed by atoms with Gasteiger partial charge in [0.25, 0.3) is 5.91 Å². The first-order valence-corrected chi connectivity index (χ1v) is 8.42. The first-order valence-electron chi connectivity index (χ1n) is 8.42. The second kappa shape index (κ2) is 7.47. The molecule has 6 nitrogen and oxygen atoms in total. The lowest BCUT2D eigenvalue weighted by atomic mass is 9.97. The molecule has 1 heterocycles. The molecule has 1 aliphatic rings. The topological polar surface area (TPSA) is 67.9 Å². The Morgan fingerprint density at radius 1 is 1.12 bits per heavy atom. The lowest BCUT2D eigenvalue weighted by Crippen LogP contribution is -2.52. The van der Waals surface area contributed by atoms with E-state index in [0.29, 0.717) is 30.2 Å². The molecule has 136 valence electrons. The highest BCUT2D eigenvalue weighted by atomic mass is 16.5. The molecular weight excluding hydrogens is 332 g/mol. The molecule has 26 heavy (non-hydrogen) atoms. The van der Waals surface area contributed by atoms with Crippen molar-refractivity contribution in [2.75, 3.05) is 27.3 Å². The first kappa shape index (κ1) is 17.8. The third kappa shape index (κ3) is 3.35. The summed E-state index contributed by atoms with van der Waals surface area (Å²) in [5, 5.41) is 2.86. The zero-order valence-corrected chi connectivity index (χ0v) is 15.1. The van der Waals surface area contributed by atoms with E-state index in [9.17, 15) is 9.59 Å². The van der Waals surface area contributed by atoms with Crippen LogP contribution in [0.5, 0.6) is 11.5 Å². The van der Waals surface area contributed by atoms with E-state index in [2.05, 4.69) is 5.32 Å². The number of carbonyl (C=O) groups is 2. The summed E-state index contributed by atoms with van der Waals surface area (Å²) < 4.78 is 10.5. The van der Waals surface area contributed by atoms with Crippen LogP contribution in [-0.4, -0.2) is 44.0 Å². The minimum Gasteiger partial charge on any atom is -0.497 e. The van der Waals surface area contributed by atoms with Gasteiger partial charge in [-0.3, -0.25) is 9.59 Å². The van der Waals surface area contributed by atoms with E-state index in [0.717, 1.165) is 11.1 Å². The maximum atomic E-state index is 13.2. The SMILES string of the molecule is COc1cc(OC)cc(C(=O)N2CCNC(=O)C2c2ccccc2C)c1. The van der Waals surface area contributed by atoms with E-state index in [1.807, 2.05) is 31.2 Å². The lowest BCUT2D eigenvalue weighted by molar-refractivity contribution is -0.128. The van der Waals surface area contributed by atoms with Crippen molar-refractivity contribution in [3.05, 3.63) is 59.2 Å². The van der Waals surface area contributed by atoms with Crippen molar-refractivity contribution in [3.63, 3.8) is 0 Å². The molecule has 0 spiro atoms. The Kier molecular flexibility index (Phi) is 5.11. The highest BCUT2D eigenvalue weighted by Crippen LogP contribution is 2.30. The van der Waals surface area contributed by atoms with Crippen LogP contribution in [0.15, 0.2) is 42.5 Å². The molecule has 0 radical (unpaired) electrons. The second-order valence-electron chi connectivity index (χ2n) is 6.15. The number of hydrogen-bond donors (Lipinski definition) is 1. The van der Waals surface area contributed by atoms with E-state index >= 15 is 0 Å². The summed E-state index contributed by atoms with van der Waals surface area (Å²) in [6.07, 6.45) is 0. The van der Waals surface area contributed by atoms with Crippen LogP contribution in [0.4, 0.5) is 0 Å². The van der Waals surface area contributed by atoms with Crippen molar-refractivity contribution >= 4 is 11.8 Å². The zero-order valence-electron chi connectivity index (χ0n) is 15.1. The van der Waals surface area contributed by atoms with Gasteiger partial charge in [0.15, 0.2) is 0 Å². The number of amides is 2. The van der Waals surface area contributed by atoms with Gasteiger partial charge in [-0.2, -0.15) is 0 Å². The van der Waals surface area contributed by atoms with Crippen LogP contribution in [0.1, 0.15) is 27.5 Å². The van der Waals surface area contributed by atoms with Crippen molar-refractivity contribution < 1.29 is 19.1 Å². The molecule has 6 heteroatoms. The molecule has 3 rings (SSSR count). The molecule has 0 bridgehead atoms. The maximum absolute atomic E-state index is 13.2. The number of nitrogens with one attached hydrogen (secondary N) is 1. The zero-order chi connectivity index (χ0) is 18.7. The molecule has 1 saturated heterocycles. The number of rotatable bonds is 4. The fourth-order valence-corrected chi connectivity index (χ4v) is 3.19. The number of piperazine rings is 1. The van der Waals surface area contributed by atoms with Gasteiger partial charge >= 0.3 is 0 Å². The molecule has 0 aliphatic carbocycles. The average molecular weight is 354 g/mol. The van der Waals surface area contributed by atoms with Gasteiger partial charge in [-0.1, -0.05) is 24.3 Å². The van der Waals surface area contributed by atoms with Gasteiger partial charge in [-0.25, -0.2) is 0 Å². The van der Waals surface area contributed by atoms with Gasteiger partial charge in [0.2, 0.25) is 5.91 Å². The Balaban J connectivity index is 2.01. The number of hydrogen-bond acceptors (Lipinski definition) is 4. The van der Waals surface area contributed by atoms with Gasteiger partial charge in [0.05, 0.1) is 14.2 Å². The van der Waals surface area contributed by atoms with Crippen molar-refractivity contribution in [1.82, 2.24) is 10.2 Å². The average Bonchev–Trinajstić information content (AvgIpc) is 2.67. The molecule has 1 aliphatic heterocycles. The van der Waals surface area contributed by atoms with Crippen LogP contribution < -0.4 is 14.8 Å². The van der Waals surface area contributed by atoms with Crippen LogP contribution in [0.25, 0.3) is 0 Å². The van der Waals surface area contributed by atoms with Gasteiger partial charge in [0, 0.05) is 24.7 Å². The quantitative estimate of drug-likeness (QED) is 0.915. The monoisotopic (exact) mass is 354 g/mol. The Morgan fingerprint density at radius 2 is 1.77 bits per heavy atom. The van der Waals surface area contributed by atoms with E-state index in [4.69, 9.17) is 9.47 Å². The molecule has 2 amide bonds. The Bertz CT molecular complexity index is 812. The minimum absolute atomic E-state index is 0.172. The minimum atomic E-state index is -0.658. The van der Waals surface area contributed by atoms with Crippen molar-refractivity contribution in [2.45, 2.75) is 13.0 Å². The van der Waals surface area contributed by atoms with Gasteiger partial charge in [0.1, 0.15) is 17.5 Å². The van der Waals surface area contributed by atoms with E-state index < -0.39 is 6.04 Å². The van der Waals surface area contributed by atoms with Gasteiger partial charge in [-0.15, -0.1) is 0 Å². The van der Waals surface area contributed by atoms with E-state index in [1.54, 1.807) is 23.1 Å². The maximum Gasteiger partial charge on any atom is 0.255 e. The van der Waals surface area contributed by atoms with Crippen LogP contribution >= 0.6 is 0 Å². The number of nitrogens with zero attached hydrogens (tertiary/aromatic N) is 1. The van der Waals surface area contributed by atoms with Gasteiger partial charge in [-0.05, 0) is 30.2 Å². The Labute approximate surface area is 152 Å². The molecule has 1 N–H and O–H groups in total. The molecule has 0 saturated carbocycles. The Hall–Kier alpha value is -3.02. The summed E-state index contributed by atoms with van der Waals surface area (Å²) in [5.41, 5.74) is 2.22. The summed E-state index contributed by atoms with van der Waals surface area (Å²) in [6.45, 7) is 2.80. The molecule has 1 unspecified atom stereocenters. The van der Waals surface area contributed by atoms with Crippen LogP contribution in [0.3, 0.4) is 0 Å². The number of carbonyl (C=O) groups excluding carboxylic acids is 2. The number of methoxy groups -OCH3 is 2. The summed E-state index contributed by atoms with van der Waals surface area (Å²) in [6, 6.07) is 12.0. The molecule has 2 aromatic rings. The first-order chi connectivity index (χ1) is 12.5. The third-order valence-electron chi connectivity index (χ3n) is 4.55. The van der Waals surface area contributed by atoms with Crippen molar-refractivity contribution in [2.24, 2.45) is 0 Å². The van der Waals surface area contributed by atoms with Crippen LogP contribution in [0, 0.1) is 6.92 Å². The van der Waals surface area contributed by atoms with Crippen molar-refractivity contribution in [1.29, 1.82) is 0 Å². The lowest BCUT2D eigenvalue weighted by Gasteiger charge is -2.36. The summed E-state index contributed by atoms with van der Waals surface area (Å²) in [4.78, 5) is 27.4. The molecule has 2 aromatic carbocycles. The predicted molar refractivity (Wildman–Crippen MR) is 97.5 cm³/mol. The van der Waals surface area contributed by atoms with E-state index in [1.165, 1.54) is 14.2 Å². The molecule has 1 atom stereocenters. The summed E-state index contributed by atoms with van der Waals surface area (Å²) in [5.74, 6) is 0.655. The summed E-state index contributed by atoms with van der Waals surface area (Å²) in [7, 11) is 3.07. The number of ether oxygens (including phenoxy) is 2. The largest absolute Gasteiger partial charge is 0.497 e. The molecule has 1 fully saturated rings. The highest BCUT2D eigenvalue weighted by molar-refractivity contribution is 5.99. The molecule has 0 aromatic heterocycles. The van der Waals surface area contributed by atoms with Crippen LogP contribution in [-0.2, 0) is 4.79 Å². The van der Waals surface area contributed by atoms with E-state index in [-0.39, 0.29) is 11.8 Å².